The lowest BCUT2D eigenvalue weighted by Gasteiger charge is -2.41. The Kier molecular flexibility index (Phi) is 5.16. The van der Waals surface area contributed by atoms with E-state index in [2.05, 4.69) is 61.4 Å². The molecule has 1 aromatic carbocycles. The van der Waals surface area contributed by atoms with Crippen molar-refractivity contribution in [3.05, 3.63) is 34.9 Å². The van der Waals surface area contributed by atoms with Crippen molar-refractivity contribution in [3.8, 4) is 0 Å². The minimum absolute atomic E-state index is 0.281. The first-order valence-corrected chi connectivity index (χ1v) is 7.42. The minimum Gasteiger partial charge on any atom is -0.303 e. The third kappa shape index (κ3) is 3.58. The van der Waals surface area contributed by atoms with Gasteiger partial charge in [0.05, 0.1) is 0 Å². The Balaban J connectivity index is 2.13. The van der Waals surface area contributed by atoms with Gasteiger partial charge in [0.15, 0.2) is 0 Å². The predicted molar refractivity (Wildman–Crippen MR) is 84.6 cm³/mol. The number of hydrogen-bond acceptors (Lipinski definition) is 4. The molecule has 2 unspecified atom stereocenters. The van der Waals surface area contributed by atoms with Crippen LogP contribution in [0.5, 0.6) is 0 Å². The van der Waals surface area contributed by atoms with Gasteiger partial charge in [-0.05, 0) is 45.5 Å². The largest absolute Gasteiger partial charge is 0.303 e. The van der Waals surface area contributed by atoms with E-state index in [0.29, 0.717) is 6.04 Å². The second kappa shape index (κ2) is 6.68. The van der Waals surface area contributed by atoms with Crippen molar-refractivity contribution >= 4 is 0 Å². The highest BCUT2D eigenvalue weighted by molar-refractivity contribution is 5.31. The van der Waals surface area contributed by atoms with E-state index in [1.165, 1.54) is 16.7 Å². The summed E-state index contributed by atoms with van der Waals surface area (Å²) in [4.78, 5) is 4.81. The van der Waals surface area contributed by atoms with Crippen LogP contribution >= 0.6 is 0 Å². The maximum atomic E-state index is 5.85. The zero-order valence-corrected chi connectivity index (χ0v) is 13.2. The number of hydrogen-bond donors (Lipinski definition) is 2. The molecule has 0 spiro atoms. The van der Waals surface area contributed by atoms with Gasteiger partial charge in [0, 0.05) is 31.7 Å². The molecule has 1 fully saturated rings. The normalized spacial score (nSPS) is 22.9. The quantitative estimate of drug-likeness (QED) is 0.634. The zero-order chi connectivity index (χ0) is 14.7. The van der Waals surface area contributed by atoms with Crippen LogP contribution in [0, 0.1) is 13.8 Å². The molecule has 0 bridgehead atoms. The van der Waals surface area contributed by atoms with Gasteiger partial charge < -0.3 is 4.90 Å². The lowest BCUT2D eigenvalue weighted by Crippen LogP contribution is -2.60. The molecule has 1 heterocycles. The molecule has 4 heteroatoms. The Labute approximate surface area is 122 Å². The second-order valence-corrected chi connectivity index (χ2v) is 6.22. The van der Waals surface area contributed by atoms with Gasteiger partial charge in [-0.1, -0.05) is 23.8 Å². The molecule has 4 nitrogen and oxygen atoms in total. The first kappa shape index (κ1) is 15.4. The van der Waals surface area contributed by atoms with Gasteiger partial charge in [0.1, 0.15) is 0 Å². The summed E-state index contributed by atoms with van der Waals surface area (Å²) in [5, 5.41) is 0. The predicted octanol–water partition coefficient (Wildman–Crippen LogP) is 0.924. The van der Waals surface area contributed by atoms with Crippen LogP contribution in [0.2, 0.25) is 0 Å². The standard InChI is InChI=1S/C16H28N4/c1-12-5-6-13(2)14(9-12)10-15(18-17)16-11-19(3)7-8-20(16)4/h5-6,9,15-16,18H,7-8,10-11,17H2,1-4H3. The Morgan fingerprint density at radius 1 is 1.30 bits per heavy atom. The molecule has 3 N–H and O–H groups in total. The van der Waals surface area contributed by atoms with Crippen molar-refractivity contribution in [2.75, 3.05) is 33.7 Å². The number of benzene rings is 1. The van der Waals surface area contributed by atoms with Gasteiger partial charge in [-0.25, -0.2) is 0 Å². The van der Waals surface area contributed by atoms with Crippen molar-refractivity contribution in [2.45, 2.75) is 32.4 Å². The molecule has 0 amide bonds. The summed E-state index contributed by atoms with van der Waals surface area (Å²) in [6.45, 7) is 7.63. The third-order valence-corrected chi connectivity index (χ3v) is 4.52. The average Bonchev–Trinajstić information content (AvgIpc) is 2.42. The van der Waals surface area contributed by atoms with Crippen molar-refractivity contribution in [2.24, 2.45) is 5.84 Å². The van der Waals surface area contributed by atoms with Gasteiger partial charge in [-0.15, -0.1) is 0 Å². The third-order valence-electron chi connectivity index (χ3n) is 4.52. The molecule has 0 aromatic heterocycles. The van der Waals surface area contributed by atoms with Gasteiger partial charge in [0.2, 0.25) is 0 Å². The maximum absolute atomic E-state index is 5.85. The van der Waals surface area contributed by atoms with E-state index >= 15 is 0 Å². The molecule has 1 aliphatic rings. The fraction of sp³-hybridized carbons (Fsp3) is 0.625. The number of piperazine rings is 1. The van der Waals surface area contributed by atoms with Crippen LogP contribution in [0.3, 0.4) is 0 Å². The number of nitrogens with one attached hydrogen (secondary N) is 1. The first-order valence-electron chi connectivity index (χ1n) is 7.42. The Morgan fingerprint density at radius 2 is 2.05 bits per heavy atom. The van der Waals surface area contributed by atoms with Crippen LogP contribution in [0.25, 0.3) is 0 Å². The van der Waals surface area contributed by atoms with Gasteiger partial charge in [0.25, 0.3) is 0 Å². The summed E-state index contributed by atoms with van der Waals surface area (Å²) in [6.07, 6.45) is 0.979. The van der Waals surface area contributed by atoms with Crippen molar-refractivity contribution in [3.63, 3.8) is 0 Å². The fourth-order valence-corrected chi connectivity index (χ4v) is 3.04. The first-order chi connectivity index (χ1) is 9.51. The van der Waals surface area contributed by atoms with Crippen LogP contribution in [0.4, 0.5) is 0 Å². The summed E-state index contributed by atoms with van der Waals surface area (Å²) in [5.41, 5.74) is 7.11. The number of rotatable bonds is 4. The summed E-state index contributed by atoms with van der Waals surface area (Å²) >= 11 is 0. The highest BCUT2D eigenvalue weighted by atomic mass is 15.3. The van der Waals surface area contributed by atoms with E-state index in [1.807, 2.05) is 0 Å². The second-order valence-electron chi connectivity index (χ2n) is 6.22. The maximum Gasteiger partial charge on any atom is 0.0418 e. The summed E-state index contributed by atoms with van der Waals surface area (Å²) in [5.74, 6) is 5.85. The summed E-state index contributed by atoms with van der Waals surface area (Å²) in [7, 11) is 4.39. The molecule has 0 aliphatic carbocycles. The van der Waals surface area contributed by atoms with Gasteiger partial charge in [-0.2, -0.15) is 0 Å². The smallest absolute Gasteiger partial charge is 0.0418 e. The van der Waals surface area contributed by atoms with E-state index in [9.17, 15) is 0 Å². The van der Waals surface area contributed by atoms with Crippen molar-refractivity contribution < 1.29 is 0 Å². The fourth-order valence-electron chi connectivity index (χ4n) is 3.04. The number of nitrogens with zero attached hydrogens (tertiary/aromatic N) is 2. The van der Waals surface area contributed by atoms with Crippen molar-refractivity contribution in [1.29, 1.82) is 0 Å². The van der Waals surface area contributed by atoms with E-state index < -0.39 is 0 Å². The van der Waals surface area contributed by atoms with Gasteiger partial charge >= 0.3 is 0 Å². The van der Waals surface area contributed by atoms with Crippen molar-refractivity contribution in [1.82, 2.24) is 15.2 Å². The van der Waals surface area contributed by atoms with E-state index in [4.69, 9.17) is 5.84 Å². The Bertz CT molecular complexity index is 446. The highest BCUT2D eigenvalue weighted by Gasteiger charge is 2.29. The number of hydrazine groups is 1. The van der Waals surface area contributed by atoms with Crippen LogP contribution in [0.15, 0.2) is 18.2 Å². The van der Waals surface area contributed by atoms with Crippen LogP contribution in [0.1, 0.15) is 16.7 Å². The molecule has 1 aliphatic heterocycles. The van der Waals surface area contributed by atoms with Crippen LogP contribution < -0.4 is 11.3 Å². The molecule has 0 radical (unpaired) electrons. The molecular formula is C16H28N4. The Hall–Kier alpha value is -0.940. The molecule has 112 valence electrons. The molecular weight excluding hydrogens is 248 g/mol. The lowest BCUT2D eigenvalue weighted by molar-refractivity contribution is 0.0876. The molecule has 1 saturated heterocycles. The number of nitrogens with two attached hydrogens (primary N) is 1. The average molecular weight is 276 g/mol. The van der Waals surface area contributed by atoms with Crippen LogP contribution in [-0.2, 0) is 6.42 Å². The number of aryl methyl sites for hydroxylation is 2. The van der Waals surface area contributed by atoms with E-state index in [0.717, 1.165) is 26.1 Å². The molecule has 20 heavy (non-hydrogen) atoms. The van der Waals surface area contributed by atoms with E-state index in [1.54, 1.807) is 0 Å². The van der Waals surface area contributed by atoms with Crippen LogP contribution in [-0.4, -0.2) is 55.6 Å². The van der Waals surface area contributed by atoms with E-state index in [-0.39, 0.29) is 6.04 Å². The molecule has 1 aromatic rings. The number of likely N-dealkylation sites (N-methyl/N-ethyl adjacent to an activating group) is 2. The molecule has 0 saturated carbocycles. The summed E-state index contributed by atoms with van der Waals surface area (Å²) < 4.78 is 0. The summed E-state index contributed by atoms with van der Waals surface area (Å²) in [6, 6.07) is 7.40. The molecule has 2 atom stereocenters. The topological polar surface area (TPSA) is 44.5 Å². The minimum atomic E-state index is 0.281. The SMILES string of the molecule is Cc1ccc(C)c(CC(NN)C2CN(C)CCN2C)c1. The lowest BCUT2D eigenvalue weighted by atomic mass is 9.94. The Morgan fingerprint density at radius 3 is 2.75 bits per heavy atom. The monoisotopic (exact) mass is 276 g/mol. The molecule has 2 rings (SSSR count). The van der Waals surface area contributed by atoms with Gasteiger partial charge in [-0.3, -0.25) is 16.2 Å². The zero-order valence-electron chi connectivity index (χ0n) is 13.2. The highest BCUT2D eigenvalue weighted by Crippen LogP contribution is 2.17.